The maximum atomic E-state index is 3.10. The minimum atomic E-state index is 0. The van der Waals surface area contributed by atoms with Crippen LogP contribution in [-0.2, 0) is 17.1 Å². The van der Waals surface area contributed by atoms with E-state index in [-0.39, 0.29) is 17.1 Å². The van der Waals surface area contributed by atoms with Crippen molar-refractivity contribution >= 4 is 0 Å². The minimum Gasteiger partial charge on any atom is -0.214 e. The van der Waals surface area contributed by atoms with Crippen molar-refractivity contribution in [3.63, 3.8) is 0 Å². The second kappa shape index (κ2) is 9.00. The standard InChI is InChI=1S/C13H9.C5H5.Fe/c1-2-6-12(7-3-1)10-11-13-8-4-5-9-13;1-2-4-5-3-1;/h1-9H;1-5H;/q2*-1;+2. The average Bonchev–Trinajstić information content (AvgIpc) is 3.13. The molecule has 0 fully saturated rings. The van der Waals surface area contributed by atoms with Gasteiger partial charge in [-0.3, -0.25) is 0 Å². The summed E-state index contributed by atoms with van der Waals surface area (Å²) in [6, 6.07) is 28.0. The molecule has 0 amide bonds. The molecule has 0 atom stereocenters. The summed E-state index contributed by atoms with van der Waals surface area (Å²) in [6.07, 6.45) is 0. The van der Waals surface area contributed by atoms with E-state index in [4.69, 9.17) is 0 Å². The molecule has 3 rings (SSSR count). The van der Waals surface area contributed by atoms with Gasteiger partial charge < -0.3 is 0 Å². The van der Waals surface area contributed by atoms with Crippen LogP contribution >= 0.6 is 0 Å². The summed E-state index contributed by atoms with van der Waals surface area (Å²) in [4.78, 5) is 0. The van der Waals surface area contributed by atoms with E-state index in [9.17, 15) is 0 Å². The fourth-order valence-electron chi connectivity index (χ4n) is 1.44. The Kier molecular flexibility index (Phi) is 7.13. The number of hydrogen-bond acceptors (Lipinski definition) is 0. The van der Waals surface area contributed by atoms with Gasteiger partial charge in [0.05, 0.1) is 0 Å². The molecule has 0 unspecified atom stereocenters. The van der Waals surface area contributed by atoms with Crippen LogP contribution in [0.2, 0.25) is 0 Å². The summed E-state index contributed by atoms with van der Waals surface area (Å²) in [7, 11) is 0. The van der Waals surface area contributed by atoms with E-state index in [0.717, 1.165) is 11.1 Å². The maximum Gasteiger partial charge on any atom is 2.00 e. The Bertz CT molecular complexity index is 561. The first-order chi connectivity index (χ1) is 8.95. The van der Waals surface area contributed by atoms with E-state index >= 15 is 0 Å². The molecule has 0 aromatic heterocycles. The van der Waals surface area contributed by atoms with Gasteiger partial charge in [-0.2, -0.15) is 42.3 Å². The SMILES string of the molecule is C(#Cc1ccc[cH-]1)c1ccccc1.[Fe+2].c1cc[cH-]c1. The van der Waals surface area contributed by atoms with Crippen molar-refractivity contribution in [2.45, 2.75) is 0 Å². The van der Waals surface area contributed by atoms with Gasteiger partial charge in [-0.05, 0) is 12.1 Å². The second-order valence-corrected chi connectivity index (χ2v) is 3.75. The van der Waals surface area contributed by atoms with Gasteiger partial charge in [0.1, 0.15) is 0 Å². The summed E-state index contributed by atoms with van der Waals surface area (Å²) in [6.45, 7) is 0. The zero-order chi connectivity index (χ0) is 12.5. The normalized spacial score (nSPS) is 8.21. The van der Waals surface area contributed by atoms with Crippen LogP contribution < -0.4 is 0 Å². The van der Waals surface area contributed by atoms with Crippen LogP contribution in [0.1, 0.15) is 11.1 Å². The predicted molar refractivity (Wildman–Crippen MR) is 76.5 cm³/mol. The smallest absolute Gasteiger partial charge is 0.214 e. The third-order valence-electron chi connectivity index (χ3n) is 2.34. The van der Waals surface area contributed by atoms with Gasteiger partial charge in [0.15, 0.2) is 0 Å². The molecular formula is C18H14Fe. The Morgan fingerprint density at radius 1 is 0.684 bits per heavy atom. The number of hydrogen-bond donors (Lipinski definition) is 0. The molecule has 1 heteroatoms. The fraction of sp³-hybridized carbons (Fsp3) is 0. The third-order valence-corrected chi connectivity index (χ3v) is 2.34. The minimum absolute atomic E-state index is 0. The first-order valence-corrected chi connectivity index (χ1v) is 5.90. The van der Waals surface area contributed by atoms with Gasteiger partial charge in [-0.1, -0.05) is 18.2 Å². The Labute approximate surface area is 125 Å². The molecule has 0 radical (unpaired) electrons. The average molecular weight is 286 g/mol. The molecule has 0 saturated heterocycles. The molecule has 0 heterocycles. The monoisotopic (exact) mass is 286 g/mol. The van der Waals surface area contributed by atoms with E-state index in [2.05, 4.69) is 11.8 Å². The van der Waals surface area contributed by atoms with Gasteiger partial charge >= 0.3 is 17.1 Å². The molecule has 0 N–H and O–H groups in total. The van der Waals surface area contributed by atoms with Crippen LogP contribution in [-0.4, -0.2) is 0 Å². The molecular weight excluding hydrogens is 272 g/mol. The zero-order valence-corrected chi connectivity index (χ0v) is 11.5. The predicted octanol–water partition coefficient (Wildman–Crippen LogP) is 4.21. The van der Waals surface area contributed by atoms with E-state index in [1.807, 2.05) is 84.9 Å². The van der Waals surface area contributed by atoms with Crippen LogP contribution in [0.15, 0.2) is 84.9 Å². The van der Waals surface area contributed by atoms with E-state index in [0.29, 0.717) is 0 Å². The van der Waals surface area contributed by atoms with Crippen molar-refractivity contribution in [1.82, 2.24) is 0 Å². The van der Waals surface area contributed by atoms with Crippen molar-refractivity contribution in [2.24, 2.45) is 0 Å². The molecule has 0 aliphatic heterocycles. The number of benzene rings is 1. The molecule has 0 spiro atoms. The quantitative estimate of drug-likeness (QED) is 0.330. The topological polar surface area (TPSA) is 0 Å². The van der Waals surface area contributed by atoms with Gasteiger partial charge in [-0.15, -0.1) is 17.6 Å². The molecule has 0 bridgehead atoms. The van der Waals surface area contributed by atoms with Crippen LogP contribution in [0.4, 0.5) is 0 Å². The zero-order valence-electron chi connectivity index (χ0n) is 10.4. The van der Waals surface area contributed by atoms with Crippen LogP contribution in [0.3, 0.4) is 0 Å². The summed E-state index contributed by atoms with van der Waals surface area (Å²) in [5.41, 5.74) is 2.13. The van der Waals surface area contributed by atoms with Gasteiger partial charge in [0.25, 0.3) is 0 Å². The molecule has 3 aromatic rings. The Balaban J connectivity index is 0.000000256. The Morgan fingerprint density at radius 3 is 1.95 bits per heavy atom. The molecule has 0 aliphatic rings. The van der Waals surface area contributed by atoms with Crippen molar-refractivity contribution in [2.75, 3.05) is 0 Å². The Hall–Kier alpha value is -2.00. The molecule has 0 nitrogen and oxygen atoms in total. The molecule has 19 heavy (non-hydrogen) atoms. The van der Waals surface area contributed by atoms with Crippen molar-refractivity contribution in [3.05, 3.63) is 96.1 Å². The summed E-state index contributed by atoms with van der Waals surface area (Å²) < 4.78 is 0. The second-order valence-electron chi connectivity index (χ2n) is 3.75. The van der Waals surface area contributed by atoms with E-state index < -0.39 is 0 Å². The molecule has 3 aromatic carbocycles. The summed E-state index contributed by atoms with van der Waals surface area (Å²) >= 11 is 0. The Morgan fingerprint density at radius 2 is 1.42 bits per heavy atom. The fourth-order valence-corrected chi connectivity index (χ4v) is 1.44. The first-order valence-electron chi connectivity index (χ1n) is 5.90. The summed E-state index contributed by atoms with van der Waals surface area (Å²) in [5.74, 6) is 6.19. The molecule has 94 valence electrons. The van der Waals surface area contributed by atoms with Crippen molar-refractivity contribution in [3.8, 4) is 11.8 Å². The first kappa shape index (κ1) is 15.1. The van der Waals surface area contributed by atoms with Gasteiger partial charge in [0, 0.05) is 5.56 Å². The van der Waals surface area contributed by atoms with Crippen LogP contribution in [0, 0.1) is 11.8 Å². The number of rotatable bonds is 0. The van der Waals surface area contributed by atoms with E-state index in [1.165, 1.54) is 0 Å². The van der Waals surface area contributed by atoms with Crippen LogP contribution in [0.25, 0.3) is 0 Å². The van der Waals surface area contributed by atoms with Crippen molar-refractivity contribution in [1.29, 1.82) is 0 Å². The van der Waals surface area contributed by atoms with Crippen molar-refractivity contribution < 1.29 is 17.1 Å². The molecule has 0 saturated carbocycles. The summed E-state index contributed by atoms with van der Waals surface area (Å²) in [5, 5.41) is 0. The maximum absolute atomic E-state index is 3.10. The largest absolute Gasteiger partial charge is 2.00 e. The third kappa shape index (κ3) is 5.93. The van der Waals surface area contributed by atoms with Crippen LogP contribution in [0.5, 0.6) is 0 Å². The van der Waals surface area contributed by atoms with Gasteiger partial charge in [0.2, 0.25) is 0 Å². The van der Waals surface area contributed by atoms with E-state index in [1.54, 1.807) is 0 Å². The van der Waals surface area contributed by atoms with Gasteiger partial charge in [-0.25, -0.2) is 12.1 Å². The molecule has 0 aliphatic carbocycles.